The first-order valence-corrected chi connectivity index (χ1v) is 4.77. The molecule has 12 heavy (non-hydrogen) atoms. The highest BCUT2D eigenvalue weighted by atomic mass is 32.2. The molecular weight excluding hydrogens is 172 g/mol. The highest BCUT2D eigenvalue weighted by Gasteiger charge is 2.12. The van der Waals surface area contributed by atoms with Crippen LogP contribution in [0.15, 0.2) is 5.03 Å². The largest absolute Gasteiger partial charge is 0.383 e. The van der Waals surface area contributed by atoms with Crippen LogP contribution in [-0.2, 0) is 6.54 Å². The van der Waals surface area contributed by atoms with Crippen molar-refractivity contribution >= 4 is 17.6 Å². The van der Waals surface area contributed by atoms with Gasteiger partial charge in [0.2, 0.25) is 0 Å². The number of nitrogens with two attached hydrogens (primary N) is 1. The Morgan fingerprint density at radius 1 is 1.75 bits per heavy atom. The standard InChI is InChI=1S/C7H10N4S/c1-3-11-6(9)5(4-8)7(10-11)12-2/h3,9H2,1-2H3. The van der Waals surface area contributed by atoms with Gasteiger partial charge in [0.05, 0.1) is 0 Å². The fourth-order valence-electron chi connectivity index (χ4n) is 0.941. The molecule has 0 aliphatic carbocycles. The van der Waals surface area contributed by atoms with Crippen LogP contribution in [-0.4, -0.2) is 16.0 Å². The van der Waals surface area contributed by atoms with Gasteiger partial charge >= 0.3 is 0 Å². The van der Waals surface area contributed by atoms with Crippen LogP contribution in [0.3, 0.4) is 0 Å². The summed E-state index contributed by atoms with van der Waals surface area (Å²) in [5.41, 5.74) is 6.16. The van der Waals surface area contributed by atoms with E-state index < -0.39 is 0 Å². The van der Waals surface area contributed by atoms with Gasteiger partial charge in [0.25, 0.3) is 0 Å². The SMILES string of the molecule is CCn1nc(SC)c(C#N)c1N. The Labute approximate surface area is 75.4 Å². The molecule has 0 saturated carbocycles. The molecule has 0 saturated heterocycles. The number of nitriles is 1. The minimum Gasteiger partial charge on any atom is -0.383 e. The maximum atomic E-state index is 8.74. The third-order valence-electron chi connectivity index (χ3n) is 1.56. The van der Waals surface area contributed by atoms with Crippen molar-refractivity contribution in [3.05, 3.63) is 5.56 Å². The van der Waals surface area contributed by atoms with E-state index in [1.807, 2.05) is 19.2 Å². The van der Waals surface area contributed by atoms with E-state index in [-0.39, 0.29) is 0 Å². The summed E-state index contributed by atoms with van der Waals surface area (Å²) in [5, 5.41) is 13.6. The molecule has 64 valence electrons. The summed E-state index contributed by atoms with van der Waals surface area (Å²) in [5.74, 6) is 0.462. The molecular formula is C7H10N4S. The lowest BCUT2D eigenvalue weighted by Gasteiger charge is -1.95. The summed E-state index contributed by atoms with van der Waals surface area (Å²) in [6, 6.07) is 2.04. The van der Waals surface area contributed by atoms with Crippen molar-refractivity contribution in [2.24, 2.45) is 0 Å². The Morgan fingerprint density at radius 2 is 2.42 bits per heavy atom. The van der Waals surface area contributed by atoms with Crippen LogP contribution in [0.2, 0.25) is 0 Å². The van der Waals surface area contributed by atoms with Crippen molar-refractivity contribution in [2.45, 2.75) is 18.5 Å². The van der Waals surface area contributed by atoms with Gasteiger partial charge in [0.15, 0.2) is 0 Å². The molecule has 4 nitrogen and oxygen atoms in total. The minimum atomic E-state index is 0.462. The van der Waals surface area contributed by atoms with E-state index in [1.54, 1.807) is 4.68 Å². The maximum absolute atomic E-state index is 8.74. The van der Waals surface area contributed by atoms with Crippen LogP contribution < -0.4 is 5.73 Å². The van der Waals surface area contributed by atoms with E-state index in [2.05, 4.69) is 5.10 Å². The van der Waals surface area contributed by atoms with Gasteiger partial charge in [-0.25, -0.2) is 4.68 Å². The van der Waals surface area contributed by atoms with Gasteiger partial charge in [-0.3, -0.25) is 0 Å². The van der Waals surface area contributed by atoms with Crippen LogP contribution in [0.25, 0.3) is 0 Å². The molecule has 5 heteroatoms. The molecule has 2 N–H and O–H groups in total. The van der Waals surface area contributed by atoms with Crippen LogP contribution in [0, 0.1) is 11.3 Å². The third-order valence-corrected chi connectivity index (χ3v) is 2.24. The number of thioether (sulfide) groups is 1. The first-order valence-electron chi connectivity index (χ1n) is 3.55. The monoisotopic (exact) mass is 182 g/mol. The van der Waals surface area contributed by atoms with Gasteiger partial charge in [0.1, 0.15) is 22.5 Å². The second kappa shape index (κ2) is 3.50. The zero-order valence-electron chi connectivity index (χ0n) is 7.03. The third kappa shape index (κ3) is 1.25. The van der Waals surface area contributed by atoms with Gasteiger partial charge in [-0.2, -0.15) is 10.4 Å². The zero-order valence-corrected chi connectivity index (χ0v) is 7.85. The first kappa shape index (κ1) is 8.94. The Balaban J connectivity index is 3.25. The van der Waals surface area contributed by atoms with E-state index in [0.717, 1.165) is 0 Å². The van der Waals surface area contributed by atoms with Gasteiger partial charge in [-0.1, -0.05) is 0 Å². The lowest BCUT2D eigenvalue weighted by molar-refractivity contribution is 0.650. The van der Waals surface area contributed by atoms with Crippen molar-refractivity contribution in [2.75, 3.05) is 12.0 Å². The number of hydrogen-bond donors (Lipinski definition) is 1. The normalized spacial score (nSPS) is 9.75. The fraction of sp³-hybridized carbons (Fsp3) is 0.429. The smallest absolute Gasteiger partial charge is 0.140 e. The molecule has 0 unspecified atom stereocenters. The Bertz CT molecular complexity index is 323. The van der Waals surface area contributed by atoms with Crippen LogP contribution in [0.4, 0.5) is 5.82 Å². The molecule has 0 aliphatic rings. The number of nitrogens with zero attached hydrogens (tertiary/aromatic N) is 3. The summed E-state index contributed by atoms with van der Waals surface area (Å²) in [6.07, 6.45) is 1.88. The lowest BCUT2D eigenvalue weighted by atomic mass is 10.4. The first-order chi connectivity index (χ1) is 5.74. The number of aryl methyl sites for hydroxylation is 1. The van der Waals surface area contributed by atoms with E-state index in [0.29, 0.717) is 23.0 Å². The summed E-state index contributed by atoms with van der Waals surface area (Å²) in [4.78, 5) is 0. The fourth-order valence-corrected chi connectivity index (χ4v) is 1.48. The maximum Gasteiger partial charge on any atom is 0.140 e. The highest BCUT2D eigenvalue weighted by molar-refractivity contribution is 7.98. The van der Waals surface area contributed by atoms with Gasteiger partial charge < -0.3 is 5.73 Å². The Kier molecular flexibility index (Phi) is 2.61. The van der Waals surface area contributed by atoms with Crippen LogP contribution in [0.5, 0.6) is 0 Å². The molecule has 0 aromatic carbocycles. The molecule has 0 radical (unpaired) electrons. The van der Waals surface area contributed by atoms with E-state index in [1.165, 1.54) is 11.8 Å². The topological polar surface area (TPSA) is 67.6 Å². The van der Waals surface area contributed by atoms with Crippen molar-refractivity contribution in [1.82, 2.24) is 9.78 Å². The van der Waals surface area contributed by atoms with Crippen molar-refractivity contribution in [1.29, 1.82) is 5.26 Å². The van der Waals surface area contributed by atoms with Crippen LogP contribution in [0.1, 0.15) is 12.5 Å². The molecule has 1 heterocycles. The van der Waals surface area contributed by atoms with Crippen LogP contribution >= 0.6 is 11.8 Å². The molecule has 1 rings (SSSR count). The van der Waals surface area contributed by atoms with Gasteiger partial charge in [0, 0.05) is 6.54 Å². The van der Waals surface area contributed by atoms with Crippen molar-refractivity contribution in [3.63, 3.8) is 0 Å². The van der Waals surface area contributed by atoms with Gasteiger partial charge in [-0.15, -0.1) is 11.8 Å². The molecule has 1 aromatic heterocycles. The molecule has 0 aliphatic heterocycles. The van der Waals surface area contributed by atoms with E-state index in [9.17, 15) is 0 Å². The Hall–Kier alpha value is -1.15. The average molecular weight is 182 g/mol. The lowest BCUT2D eigenvalue weighted by Crippen LogP contribution is -2.02. The quantitative estimate of drug-likeness (QED) is 0.695. The summed E-state index contributed by atoms with van der Waals surface area (Å²) < 4.78 is 1.63. The highest BCUT2D eigenvalue weighted by Crippen LogP contribution is 2.23. The second-order valence-corrected chi connectivity index (χ2v) is 2.99. The number of anilines is 1. The minimum absolute atomic E-state index is 0.462. The van der Waals surface area contributed by atoms with Crippen molar-refractivity contribution in [3.8, 4) is 6.07 Å². The van der Waals surface area contributed by atoms with Gasteiger partial charge in [-0.05, 0) is 13.2 Å². The summed E-state index contributed by atoms with van der Waals surface area (Å²) in [6.45, 7) is 2.63. The number of rotatable bonds is 2. The number of aromatic nitrogens is 2. The van der Waals surface area contributed by atoms with Crippen molar-refractivity contribution < 1.29 is 0 Å². The predicted octanol–water partition coefficient (Wildman–Crippen LogP) is 1.08. The molecule has 1 aromatic rings. The summed E-state index contributed by atoms with van der Waals surface area (Å²) in [7, 11) is 0. The molecule has 0 spiro atoms. The second-order valence-electron chi connectivity index (χ2n) is 2.20. The molecule has 0 bridgehead atoms. The molecule has 0 atom stereocenters. The number of hydrogen-bond acceptors (Lipinski definition) is 4. The van der Waals surface area contributed by atoms with E-state index >= 15 is 0 Å². The summed E-state index contributed by atoms with van der Waals surface area (Å²) >= 11 is 1.44. The number of nitrogen functional groups attached to an aromatic ring is 1. The Morgan fingerprint density at radius 3 is 2.75 bits per heavy atom. The average Bonchev–Trinajstić information content (AvgIpc) is 2.41. The zero-order chi connectivity index (χ0) is 9.14. The van der Waals surface area contributed by atoms with E-state index in [4.69, 9.17) is 11.0 Å². The molecule has 0 fully saturated rings. The predicted molar refractivity (Wildman–Crippen MR) is 48.8 cm³/mol. The molecule has 0 amide bonds.